The lowest BCUT2D eigenvalue weighted by Gasteiger charge is -2.24. The van der Waals surface area contributed by atoms with E-state index in [0.717, 1.165) is 24.3 Å². The van der Waals surface area contributed by atoms with Crippen LogP contribution in [0.15, 0.2) is 12.7 Å². The summed E-state index contributed by atoms with van der Waals surface area (Å²) in [6.07, 6.45) is 9.80. The molecule has 96 valence electrons. The van der Waals surface area contributed by atoms with Gasteiger partial charge in [-0.25, -0.2) is 0 Å². The number of hydrogen-bond donors (Lipinski definition) is 1. The lowest BCUT2D eigenvalue weighted by Crippen LogP contribution is -2.23. The van der Waals surface area contributed by atoms with Gasteiger partial charge in [0.05, 0.1) is 0 Å². The molecule has 0 radical (unpaired) electrons. The Bertz CT molecular complexity index is 163. The van der Waals surface area contributed by atoms with E-state index in [2.05, 4.69) is 27.4 Å². The van der Waals surface area contributed by atoms with Gasteiger partial charge in [0.1, 0.15) is 0 Å². The molecule has 0 spiro atoms. The first kappa shape index (κ1) is 15.7. The van der Waals surface area contributed by atoms with Gasteiger partial charge in [-0.2, -0.15) is 0 Å². The van der Waals surface area contributed by atoms with Gasteiger partial charge in [-0.3, -0.25) is 0 Å². The molecule has 0 aromatic heterocycles. The molecular weight excluding hydrogens is 194 g/mol. The predicted octanol–water partition coefficient (Wildman–Crippen LogP) is 4.38. The molecule has 0 bridgehead atoms. The Balaban J connectivity index is 3.66. The van der Waals surface area contributed by atoms with Gasteiger partial charge in [0, 0.05) is 0 Å². The monoisotopic (exact) mass is 225 g/mol. The van der Waals surface area contributed by atoms with E-state index in [1.54, 1.807) is 0 Å². The van der Waals surface area contributed by atoms with Gasteiger partial charge in [0.15, 0.2) is 0 Å². The number of hydrogen-bond acceptors (Lipinski definition) is 1. The van der Waals surface area contributed by atoms with Crippen LogP contribution in [-0.2, 0) is 0 Å². The van der Waals surface area contributed by atoms with Gasteiger partial charge in [0.25, 0.3) is 0 Å². The van der Waals surface area contributed by atoms with Gasteiger partial charge in [-0.1, -0.05) is 46.1 Å². The minimum atomic E-state index is 0.722. The number of nitrogens with two attached hydrogens (primary N) is 1. The first-order chi connectivity index (χ1) is 7.61. The lowest BCUT2D eigenvalue weighted by atomic mass is 9.83. The van der Waals surface area contributed by atoms with Crippen LogP contribution in [0.5, 0.6) is 0 Å². The second-order valence-corrected chi connectivity index (χ2v) is 5.53. The molecule has 0 amide bonds. The highest BCUT2D eigenvalue weighted by atomic mass is 14.6. The Kier molecular flexibility index (Phi) is 9.71. The summed E-state index contributed by atoms with van der Waals surface area (Å²) < 4.78 is 0. The van der Waals surface area contributed by atoms with Gasteiger partial charge >= 0.3 is 0 Å². The summed E-state index contributed by atoms with van der Waals surface area (Å²) >= 11 is 0. The average molecular weight is 225 g/mol. The molecule has 1 heteroatoms. The topological polar surface area (TPSA) is 26.0 Å². The maximum absolute atomic E-state index is 5.86. The summed E-state index contributed by atoms with van der Waals surface area (Å²) in [5, 5.41) is 0. The van der Waals surface area contributed by atoms with Gasteiger partial charge in [0.2, 0.25) is 0 Å². The van der Waals surface area contributed by atoms with Gasteiger partial charge in [-0.05, 0) is 43.6 Å². The van der Waals surface area contributed by atoms with E-state index in [1.807, 2.05) is 6.08 Å². The largest absolute Gasteiger partial charge is 0.330 e. The summed E-state index contributed by atoms with van der Waals surface area (Å²) in [4.78, 5) is 0. The molecule has 0 rings (SSSR count). The zero-order valence-corrected chi connectivity index (χ0v) is 11.5. The van der Waals surface area contributed by atoms with Crippen molar-refractivity contribution < 1.29 is 0 Å². The molecule has 0 aliphatic carbocycles. The molecule has 0 saturated carbocycles. The Labute approximate surface area is 102 Å². The molecule has 2 atom stereocenters. The molecule has 0 aliphatic rings. The molecular formula is C15H31N. The molecule has 0 fully saturated rings. The summed E-state index contributed by atoms with van der Waals surface area (Å²) in [5.74, 6) is 2.28. The molecule has 2 unspecified atom stereocenters. The van der Waals surface area contributed by atoms with Crippen LogP contribution in [0.3, 0.4) is 0 Å². The highest BCUT2D eigenvalue weighted by Crippen LogP contribution is 2.24. The zero-order chi connectivity index (χ0) is 12.4. The number of allylic oxidation sites excluding steroid dienone is 1. The normalized spacial score (nSPS) is 15.1. The number of rotatable bonds is 10. The minimum Gasteiger partial charge on any atom is -0.330 e. The van der Waals surface area contributed by atoms with Crippen molar-refractivity contribution in [2.45, 2.75) is 59.3 Å². The van der Waals surface area contributed by atoms with Crippen molar-refractivity contribution in [2.75, 3.05) is 6.54 Å². The quantitative estimate of drug-likeness (QED) is 0.433. The zero-order valence-electron chi connectivity index (χ0n) is 11.5. The summed E-state index contributed by atoms with van der Waals surface area (Å²) in [6.45, 7) is 11.6. The van der Waals surface area contributed by atoms with Crippen LogP contribution in [0, 0.1) is 17.8 Å². The first-order valence-corrected chi connectivity index (χ1v) is 6.92. The standard InChI is InChI=1S/C15H31N/c1-5-6-7-8-9-10-14(4)15(12-16)11-13(2)3/h5,13-15H,1,6-12,16H2,2-4H3. The summed E-state index contributed by atoms with van der Waals surface area (Å²) in [7, 11) is 0. The molecule has 1 nitrogen and oxygen atoms in total. The fourth-order valence-corrected chi connectivity index (χ4v) is 2.33. The smallest absolute Gasteiger partial charge is 0.00462 e. The third-order valence-electron chi connectivity index (χ3n) is 3.45. The van der Waals surface area contributed by atoms with Crippen LogP contribution >= 0.6 is 0 Å². The highest BCUT2D eigenvalue weighted by Gasteiger charge is 2.16. The van der Waals surface area contributed by atoms with E-state index in [4.69, 9.17) is 5.73 Å². The minimum absolute atomic E-state index is 0.722. The molecule has 2 N–H and O–H groups in total. The Morgan fingerprint density at radius 2 is 1.81 bits per heavy atom. The van der Waals surface area contributed by atoms with Gasteiger partial charge < -0.3 is 5.73 Å². The fraction of sp³-hybridized carbons (Fsp3) is 0.867. The van der Waals surface area contributed by atoms with Crippen LogP contribution in [0.4, 0.5) is 0 Å². The van der Waals surface area contributed by atoms with Crippen LogP contribution in [0.1, 0.15) is 59.3 Å². The average Bonchev–Trinajstić information content (AvgIpc) is 2.25. The Morgan fingerprint density at radius 3 is 2.31 bits per heavy atom. The second kappa shape index (κ2) is 9.89. The molecule has 0 aliphatic heterocycles. The van der Waals surface area contributed by atoms with Crippen LogP contribution in [0.2, 0.25) is 0 Å². The van der Waals surface area contributed by atoms with Crippen molar-refractivity contribution in [3.63, 3.8) is 0 Å². The van der Waals surface area contributed by atoms with E-state index >= 15 is 0 Å². The number of unbranched alkanes of at least 4 members (excludes halogenated alkanes) is 3. The van der Waals surface area contributed by atoms with Crippen LogP contribution < -0.4 is 5.73 Å². The molecule has 0 saturated heterocycles. The lowest BCUT2D eigenvalue weighted by molar-refractivity contribution is 0.285. The van der Waals surface area contributed by atoms with Crippen LogP contribution in [-0.4, -0.2) is 6.54 Å². The van der Waals surface area contributed by atoms with E-state index in [-0.39, 0.29) is 0 Å². The van der Waals surface area contributed by atoms with Crippen LogP contribution in [0.25, 0.3) is 0 Å². The molecule has 0 aromatic carbocycles. The highest BCUT2D eigenvalue weighted by molar-refractivity contribution is 4.70. The Morgan fingerprint density at radius 1 is 1.12 bits per heavy atom. The third kappa shape index (κ3) is 7.92. The molecule has 0 aromatic rings. The van der Waals surface area contributed by atoms with E-state index in [9.17, 15) is 0 Å². The van der Waals surface area contributed by atoms with E-state index in [1.165, 1.54) is 38.5 Å². The van der Waals surface area contributed by atoms with Crippen molar-refractivity contribution in [1.82, 2.24) is 0 Å². The van der Waals surface area contributed by atoms with Crippen molar-refractivity contribution in [3.8, 4) is 0 Å². The third-order valence-corrected chi connectivity index (χ3v) is 3.45. The van der Waals surface area contributed by atoms with Crippen molar-refractivity contribution in [3.05, 3.63) is 12.7 Å². The van der Waals surface area contributed by atoms with Crippen molar-refractivity contribution in [1.29, 1.82) is 0 Å². The maximum atomic E-state index is 5.86. The Hall–Kier alpha value is -0.300. The van der Waals surface area contributed by atoms with E-state index < -0.39 is 0 Å². The van der Waals surface area contributed by atoms with Crippen molar-refractivity contribution >= 4 is 0 Å². The SMILES string of the molecule is C=CCCCCCC(C)C(CN)CC(C)C. The summed E-state index contributed by atoms with van der Waals surface area (Å²) in [6, 6.07) is 0. The first-order valence-electron chi connectivity index (χ1n) is 6.92. The molecule has 0 heterocycles. The van der Waals surface area contributed by atoms with E-state index in [0.29, 0.717) is 0 Å². The predicted molar refractivity (Wildman–Crippen MR) is 74.4 cm³/mol. The second-order valence-electron chi connectivity index (χ2n) is 5.53. The van der Waals surface area contributed by atoms with Crippen molar-refractivity contribution in [2.24, 2.45) is 23.5 Å². The maximum Gasteiger partial charge on any atom is -0.00462 e. The fourth-order valence-electron chi connectivity index (χ4n) is 2.33. The summed E-state index contributed by atoms with van der Waals surface area (Å²) in [5.41, 5.74) is 5.86. The molecule has 16 heavy (non-hydrogen) atoms. The van der Waals surface area contributed by atoms with Gasteiger partial charge in [-0.15, -0.1) is 6.58 Å².